The van der Waals surface area contributed by atoms with Crippen molar-refractivity contribution in [1.29, 1.82) is 0 Å². The number of fused-ring (bicyclic) bond motifs is 1. The number of imide groups is 1. The van der Waals surface area contributed by atoms with E-state index in [9.17, 15) is 14.4 Å². The number of amides is 2. The lowest BCUT2D eigenvalue weighted by Crippen LogP contribution is -2.31. The van der Waals surface area contributed by atoms with Crippen molar-refractivity contribution < 1.29 is 14.3 Å². The molecule has 0 atom stereocenters. The van der Waals surface area contributed by atoms with Gasteiger partial charge >= 0.3 is 0 Å². The molecule has 3 heterocycles. The monoisotopic (exact) mass is 494 g/mol. The van der Waals surface area contributed by atoms with Crippen LogP contribution in [0.3, 0.4) is 0 Å². The Hall–Kier alpha value is -4.59. The van der Waals surface area contributed by atoms with E-state index in [1.165, 1.54) is 15.6 Å². The molecule has 0 N–H and O–H groups in total. The van der Waals surface area contributed by atoms with Gasteiger partial charge in [-0.1, -0.05) is 42.5 Å². The summed E-state index contributed by atoms with van der Waals surface area (Å²) in [7, 11) is 0. The molecular formula is C29H26N4O4. The molecule has 0 unspecified atom stereocenters. The van der Waals surface area contributed by atoms with Gasteiger partial charge in [0.2, 0.25) is 5.88 Å². The lowest BCUT2D eigenvalue weighted by molar-refractivity contribution is 0.0646. The molecule has 37 heavy (non-hydrogen) atoms. The van der Waals surface area contributed by atoms with Crippen molar-refractivity contribution in [2.24, 2.45) is 0 Å². The number of nitrogens with zero attached hydrogens (tertiary/aromatic N) is 4. The van der Waals surface area contributed by atoms with E-state index in [-0.39, 0.29) is 36.6 Å². The molecule has 4 aromatic rings. The Morgan fingerprint density at radius 3 is 2.14 bits per heavy atom. The number of carbonyl (C=O) groups is 2. The van der Waals surface area contributed by atoms with E-state index in [0.29, 0.717) is 34.8 Å². The molecule has 186 valence electrons. The van der Waals surface area contributed by atoms with Gasteiger partial charge in [0.15, 0.2) is 0 Å². The second-order valence-corrected chi connectivity index (χ2v) is 9.02. The Morgan fingerprint density at radius 1 is 0.784 bits per heavy atom. The fourth-order valence-electron chi connectivity index (χ4n) is 4.32. The maximum Gasteiger partial charge on any atom is 0.267 e. The van der Waals surface area contributed by atoms with Crippen molar-refractivity contribution in [3.8, 4) is 28.4 Å². The molecular weight excluding hydrogens is 468 g/mol. The van der Waals surface area contributed by atoms with Crippen molar-refractivity contribution in [1.82, 2.24) is 19.7 Å². The third kappa shape index (κ3) is 4.78. The number of hydrogen-bond acceptors (Lipinski definition) is 6. The predicted molar refractivity (Wildman–Crippen MR) is 139 cm³/mol. The average Bonchev–Trinajstić information content (AvgIpc) is 3.16. The van der Waals surface area contributed by atoms with E-state index in [4.69, 9.17) is 9.72 Å². The second-order valence-electron chi connectivity index (χ2n) is 9.02. The molecule has 5 rings (SSSR count). The van der Waals surface area contributed by atoms with Gasteiger partial charge < -0.3 is 4.74 Å². The molecule has 2 amide bonds. The van der Waals surface area contributed by atoms with Crippen LogP contribution in [0.5, 0.6) is 5.88 Å². The first kappa shape index (κ1) is 24.1. The van der Waals surface area contributed by atoms with Crippen LogP contribution in [0.15, 0.2) is 83.7 Å². The van der Waals surface area contributed by atoms with Crippen molar-refractivity contribution in [2.45, 2.75) is 26.3 Å². The molecule has 2 aromatic carbocycles. The van der Waals surface area contributed by atoms with Gasteiger partial charge in [-0.3, -0.25) is 19.3 Å². The predicted octanol–water partition coefficient (Wildman–Crippen LogP) is 4.62. The first-order valence-electron chi connectivity index (χ1n) is 12.2. The third-order valence-corrected chi connectivity index (χ3v) is 6.16. The van der Waals surface area contributed by atoms with Crippen LogP contribution in [0.25, 0.3) is 22.5 Å². The van der Waals surface area contributed by atoms with Crippen molar-refractivity contribution in [3.05, 3.63) is 100 Å². The van der Waals surface area contributed by atoms with Crippen LogP contribution in [0.1, 0.15) is 47.0 Å². The van der Waals surface area contributed by atoms with Crippen molar-refractivity contribution in [3.63, 3.8) is 0 Å². The summed E-state index contributed by atoms with van der Waals surface area (Å²) in [6.45, 7) is 4.36. The summed E-state index contributed by atoms with van der Waals surface area (Å²) >= 11 is 0. The van der Waals surface area contributed by atoms with E-state index in [0.717, 1.165) is 11.1 Å². The standard InChI is InChI=1S/C29H26N4O4/c1-19(2)33-26(34)16-14-24(31-33)23-13-15-25(30-27(23)20-9-4-3-5-10-20)37-18-8-17-32-28(35)21-11-6-7-12-22(21)29(32)36/h3-7,9-16,19H,8,17-18H2,1-2H3. The van der Waals surface area contributed by atoms with Gasteiger partial charge in [0.1, 0.15) is 0 Å². The normalized spacial score (nSPS) is 12.8. The molecule has 0 radical (unpaired) electrons. The molecule has 1 aliphatic rings. The van der Waals surface area contributed by atoms with E-state index in [1.54, 1.807) is 36.4 Å². The summed E-state index contributed by atoms with van der Waals surface area (Å²) < 4.78 is 7.36. The highest BCUT2D eigenvalue weighted by molar-refractivity contribution is 6.21. The lowest BCUT2D eigenvalue weighted by Gasteiger charge is -2.15. The highest BCUT2D eigenvalue weighted by Crippen LogP contribution is 2.31. The number of rotatable bonds is 8. The smallest absolute Gasteiger partial charge is 0.267 e. The number of ether oxygens (including phenoxy) is 1. The summed E-state index contributed by atoms with van der Waals surface area (Å²) in [5.41, 5.74) is 3.70. The first-order chi connectivity index (χ1) is 17.9. The van der Waals surface area contributed by atoms with Crippen LogP contribution in [0, 0.1) is 0 Å². The fourth-order valence-corrected chi connectivity index (χ4v) is 4.32. The minimum Gasteiger partial charge on any atom is -0.478 e. The molecule has 2 aromatic heterocycles. The van der Waals surface area contributed by atoms with Crippen molar-refractivity contribution in [2.75, 3.05) is 13.2 Å². The molecule has 0 fully saturated rings. The molecule has 8 heteroatoms. The van der Waals surface area contributed by atoms with Crippen molar-refractivity contribution >= 4 is 11.8 Å². The maximum atomic E-state index is 12.6. The first-order valence-corrected chi connectivity index (χ1v) is 12.2. The Balaban J connectivity index is 1.34. The summed E-state index contributed by atoms with van der Waals surface area (Å²) in [4.78, 5) is 43.3. The van der Waals surface area contributed by atoms with Gasteiger partial charge in [0, 0.05) is 29.8 Å². The highest BCUT2D eigenvalue weighted by Gasteiger charge is 2.34. The average molecular weight is 495 g/mol. The zero-order valence-electron chi connectivity index (χ0n) is 20.6. The van der Waals surface area contributed by atoms with Gasteiger partial charge in [-0.25, -0.2) is 9.67 Å². The van der Waals surface area contributed by atoms with E-state index >= 15 is 0 Å². The molecule has 0 bridgehead atoms. The second kappa shape index (κ2) is 10.2. The largest absolute Gasteiger partial charge is 0.478 e. The van der Waals surface area contributed by atoms with Gasteiger partial charge in [-0.15, -0.1) is 0 Å². The zero-order valence-corrected chi connectivity index (χ0v) is 20.6. The SMILES string of the molecule is CC(C)n1nc(-c2ccc(OCCCN3C(=O)c4ccccc4C3=O)nc2-c2ccccc2)ccc1=O. The number of carbonyl (C=O) groups excluding carboxylic acids is 2. The van der Waals surface area contributed by atoms with Gasteiger partial charge in [0.05, 0.1) is 35.2 Å². The topological polar surface area (TPSA) is 94.4 Å². The van der Waals surface area contributed by atoms with E-state index in [1.807, 2.05) is 50.2 Å². The number of hydrogen-bond donors (Lipinski definition) is 0. The van der Waals surface area contributed by atoms with Crippen LogP contribution in [0.4, 0.5) is 0 Å². The quantitative estimate of drug-likeness (QED) is 0.262. The Bertz CT molecular complexity index is 1490. The number of benzene rings is 2. The molecule has 1 aliphatic heterocycles. The van der Waals surface area contributed by atoms with E-state index in [2.05, 4.69) is 5.10 Å². The minimum absolute atomic E-state index is 0.0784. The van der Waals surface area contributed by atoms with Gasteiger partial charge in [-0.05, 0) is 44.5 Å². The van der Waals surface area contributed by atoms with Crippen LogP contribution >= 0.6 is 0 Å². The summed E-state index contributed by atoms with van der Waals surface area (Å²) in [5.74, 6) is -0.128. The van der Waals surface area contributed by atoms with Crippen LogP contribution < -0.4 is 10.3 Å². The Kier molecular flexibility index (Phi) is 6.64. The number of aromatic nitrogens is 3. The zero-order chi connectivity index (χ0) is 25.9. The Labute approximate surface area is 214 Å². The summed E-state index contributed by atoms with van der Waals surface area (Å²) in [5, 5.41) is 4.56. The van der Waals surface area contributed by atoms with Crippen LogP contribution in [-0.2, 0) is 0 Å². The molecule has 0 saturated carbocycles. The van der Waals surface area contributed by atoms with Crippen LogP contribution in [-0.4, -0.2) is 44.6 Å². The Morgan fingerprint density at radius 2 is 1.46 bits per heavy atom. The minimum atomic E-state index is -0.273. The van der Waals surface area contributed by atoms with E-state index < -0.39 is 0 Å². The van der Waals surface area contributed by atoms with Crippen LogP contribution in [0.2, 0.25) is 0 Å². The molecule has 0 aliphatic carbocycles. The highest BCUT2D eigenvalue weighted by atomic mass is 16.5. The molecule has 8 nitrogen and oxygen atoms in total. The van der Waals surface area contributed by atoms with Gasteiger partial charge in [0.25, 0.3) is 17.4 Å². The fraction of sp³-hybridized carbons (Fsp3) is 0.207. The summed E-state index contributed by atoms with van der Waals surface area (Å²) in [6, 6.07) is 23.3. The third-order valence-electron chi connectivity index (χ3n) is 6.16. The van der Waals surface area contributed by atoms with Gasteiger partial charge in [-0.2, -0.15) is 5.10 Å². The molecule has 0 saturated heterocycles. The number of pyridine rings is 1. The lowest BCUT2D eigenvalue weighted by atomic mass is 10.0. The molecule has 0 spiro atoms. The summed E-state index contributed by atoms with van der Waals surface area (Å²) in [6.07, 6.45) is 0.469. The maximum absolute atomic E-state index is 12.6.